The molecule has 2 aliphatic rings. The van der Waals surface area contributed by atoms with Gasteiger partial charge in [-0.1, -0.05) is 34.1 Å². The van der Waals surface area contributed by atoms with Gasteiger partial charge in [-0.3, -0.25) is 0 Å². The molecule has 2 rings (SSSR count). The van der Waals surface area contributed by atoms with Crippen LogP contribution >= 0.6 is 11.8 Å². The number of hydrogen-bond donors (Lipinski definition) is 1. The van der Waals surface area contributed by atoms with Crippen molar-refractivity contribution in [3.05, 3.63) is 0 Å². The quantitative estimate of drug-likeness (QED) is 0.820. The fourth-order valence-electron chi connectivity index (χ4n) is 3.63. The first-order valence-corrected chi connectivity index (χ1v) is 8.48. The summed E-state index contributed by atoms with van der Waals surface area (Å²) in [6.45, 7) is 9.61. The monoisotopic (exact) mass is 255 g/mol. The Labute approximate surface area is 112 Å². The Hall–Kier alpha value is 0.310. The number of nitrogens with one attached hydrogen (secondary N) is 1. The maximum absolute atomic E-state index is 3.99. The Balaban J connectivity index is 1.90. The third kappa shape index (κ3) is 3.64. The van der Waals surface area contributed by atoms with E-state index in [-0.39, 0.29) is 0 Å². The van der Waals surface area contributed by atoms with E-state index in [1.165, 1.54) is 31.4 Å². The normalized spacial score (nSPS) is 43.2. The highest BCUT2D eigenvalue weighted by atomic mass is 32.2. The van der Waals surface area contributed by atoms with E-state index in [1.54, 1.807) is 0 Å². The van der Waals surface area contributed by atoms with Gasteiger partial charge in [0, 0.05) is 23.1 Å². The largest absolute Gasteiger partial charge is 0.310 e. The molecule has 17 heavy (non-hydrogen) atoms. The average Bonchev–Trinajstić information content (AvgIpc) is 2.63. The summed E-state index contributed by atoms with van der Waals surface area (Å²) in [5, 5.41) is 4.86. The third-order valence-electron chi connectivity index (χ3n) is 4.67. The predicted molar refractivity (Wildman–Crippen MR) is 78.6 cm³/mol. The van der Waals surface area contributed by atoms with Crippen LogP contribution in [0.2, 0.25) is 0 Å². The summed E-state index contributed by atoms with van der Waals surface area (Å²) < 4.78 is 0. The average molecular weight is 255 g/mol. The molecular weight excluding hydrogens is 226 g/mol. The molecule has 1 aliphatic heterocycles. The maximum Gasteiger partial charge on any atom is 0.0171 e. The molecule has 5 unspecified atom stereocenters. The second-order valence-electron chi connectivity index (χ2n) is 6.68. The molecule has 1 saturated carbocycles. The third-order valence-corrected chi connectivity index (χ3v) is 6.03. The first-order valence-electron chi connectivity index (χ1n) is 7.44. The van der Waals surface area contributed by atoms with E-state index in [9.17, 15) is 0 Å². The molecule has 0 spiro atoms. The number of thioether (sulfide) groups is 1. The van der Waals surface area contributed by atoms with Crippen LogP contribution in [0.4, 0.5) is 0 Å². The zero-order valence-corrected chi connectivity index (χ0v) is 12.7. The molecule has 1 N–H and O–H groups in total. The molecule has 1 saturated heterocycles. The zero-order valence-electron chi connectivity index (χ0n) is 11.9. The van der Waals surface area contributed by atoms with Crippen LogP contribution in [-0.4, -0.2) is 23.1 Å². The SMILES string of the molecule is CC1CCC(C(C)C)C(NC2CSC(C)C2)C1. The van der Waals surface area contributed by atoms with E-state index in [0.717, 1.165) is 35.1 Å². The van der Waals surface area contributed by atoms with Crippen LogP contribution in [0.5, 0.6) is 0 Å². The second-order valence-corrected chi connectivity index (χ2v) is 8.15. The summed E-state index contributed by atoms with van der Waals surface area (Å²) in [6, 6.07) is 1.57. The van der Waals surface area contributed by atoms with Crippen LogP contribution in [0, 0.1) is 17.8 Å². The summed E-state index contributed by atoms with van der Waals surface area (Å²) in [4.78, 5) is 0. The van der Waals surface area contributed by atoms with E-state index < -0.39 is 0 Å². The summed E-state index contributed by atoms with van der Waals surface area (Å²) >= 11 is 2.14. The maximum atomic E-state index is 3.99. The molecule has 1 nitrogen and oxygen atoms in total. The lowest BCUT2D eigenvalue weighted by molar-refractivity contribution is 0.161. The van der Waals surface area contributed by atoms with Gasteiger partial charge in [0.25, 0.3) is 0 Å². The molecule has 100 valence electrons. The Morgan fingerprint density at radius 2 is 1.88 bits per heavy atom. The van der Waals surface area contributed by atoms with Gasteiger partial charge >= 0.3 is 0 Å². The predicted octanol–water partition coefficient (Wildman–Crippen LogP) is 3.93. The van der Waals surface area contributed by atoms with Crippen LogP contribution in [0.3, 0.4) is 0 Å². The van der Waals surface area contributed by atoms with Crippen LogP contribution in [0.1, 0.15) is 53.4 Å². The summed E-state index contributed by atoms with van der Waals surface area (Å²) in [5.74, 6) is 4.00. The van der Waals surface area contributed by atoms with Gasteiger partial charge in [0.2, 0.25) is 0 Å². The first-order chi connectivity index (χ1) is 8.06. The molecule has 5 atom stereocenters. The fraction of sp³-hybridized carbons (Fsp3) is 1.00. The molecule has 0 aromatic rings. The first kappa shape index (κ1) is 13.7. The van der Waals surface area contributed by atoms with E-state index in [2.05, 4.69) is 44.8 Å². The lowest BCUT2D eigenvalue weighted by Crippen LogP contribution is -2.47. The van der Waals surface area contributed by atoms with Crippen LogP contribution < -0.4 is 5.32 Å². The Morgan fingerprint density at radius 3 is 2.47 bits per heavy atom. The minimum atomic E-state index is 0.784. The Kier molecular flexibility index (Phi) is 4.82. The van der Waals surface area contributed by atoms with Gasteiger partial charge in [-0.05, 0) is 37.0 Å². The second kappa shape index (κ2) is 5.97. The molecule has 1 aliphatic carbocycles. The lowest BCUT2D eigenvalue weighted by Gasteiger charge is -2.39. The van der Waals surface area contributed by atoms with Crippen molar-refractivity contribution < 1.29 is 0 Å². The molecule has 2 heteroatoms. The van der Waals surface area contributed by atoms with Crippen molar-refractivity contribution in [2.24, 2.45) is 17.8 Å². The van der Waals surface area contributed by atoms with Crippen molar-refractivity contribution in [2.75, 3.05) is 5.75 Å². The summed E-state index contributed by atoms with van der Waals surface area (Å²) in [5.41, 5.74) is 0. The smallest absolute Gasteiger partial charge is 0.0171 e. The topological polar surface area (TPSA) is 12.0 Å². The van der Waals surface area contributed by atoms with Crippen molar-refractivity contribution in [1.29, 1.82) is 0 Å². The number of hydrogen-bond acceptors (Lipinski definition) is 2. The van der Waals surface area contributed by atoms with E-state index in [1.807, 2.05) is 0 Å². The molecule has 0 aromatic carbocycles. The van der Waals surface area contributed by atoms with Crippen molar-refractivity contribution in [2.45, 2.75) is 70.7 Å². The molecule has 2 fully saturated rings. The van der Waals surface area contributed by atoms with E-state index in [0.29, 0.717) is 0 Å². The fourth-order valence-corrected chi connectivity index (χ4v) is 4.79. The van der Waals surface area contributed by atoms with Crippen LogP contribution in [0.25, 0.3) is 0 Å². The van der Waals surface area contributed by atoms with Crippen molar-refractivity contribution in [3.8, 4) is 0 Å². The standard InChI is InChI=1S/C15H29NS/c1-10(2)14-6-5-11(3)7-15(14)16-13-8-12(4)17-9-13/h10-16H,5-9H2,1-4H3. The van der Waals surface area contributed by atoms with Gasteiger partial charge in [-0.25, -0.2) is 0 Å². The summed E-state index contributed by atoms with van der Waals surface area (Å²) in [7, 11) is 0. The van der Waals surface area contributed by atoms with Gasteiger partial charge in [0.1, 0.15) is 0 Å². The van der Waals surface area contributed by atoms with E-state index in [4.69, 9.17) is 0 Å². The zero-order chi connectivity index (χ0) is 12.4. The van der Waals surface area contributed by atoms with Crippen LogP contribution in [-0.2, 0) is 0 Å². The van der Waals surface area contributed by atoms with Crippen molar-refractivity contribution >= 4 is 11.8 Å². The molecular formula is C15H29NS. The highest BCUT2D eigenvalue weighted by molar-refractivity contribution is 8.00. The molecule has 0 bridgehead atoms. The van der Waals surface area contributed by atoms with Gasteiger partial charge in [-0.15, -0.1) is 0 Å². The van der Waals surface area contributed by atoms with Gasteiger partial charge in [0.05, 0.1) is 0 Å². The molecule has 0 radical (unpaired) electrons. The highest BCUT2D eigenvalue weighted by Gasteiger charge is 2.33. The van der Waals surface area contributed by atoms with Crippen LogP contribution in [0.15, 0.2) is 0 Å². The van der Waals surface area contributed by atoms with Gasteiger partial charge < -0.3 is 5.32 Å². The Morgan fingerprint density at radius 1 is 1.12 bits per heavy atom. The minimum Gasteiger partial charge on any atom is -0.310 e. The van der Waals surface area contributed by atoms with Gasteiger partial charge in [-0.2, -0.15) is 11.8 Å². The van der Waals surface area contributed by atoms with Crippen molar-refractivity contribution in [1.82, 2.24) is 5.32 Å². The molecule has 0 amide bonds. The Bertz CT molecular complexity index is 241. The molecule has 1 heterocycles. The van der Waals surface area contributed by atoms with Crippen molar-refractivity contribution in [3.63, 3.8) is 0 Å². The number of rotatable bonds is 3. The lowest BCUT2D eigenvalue weighted by atomic mass is 9.74. The summed E-state index contributed by atoms with van der Waals surface area (Å²) in [6.07, 6.45) is 5.65. The minimum absolute atomic E-state index is 0.784. The highest BCUT2D eigenvalue weighted by Crippen LogP contribution is 2.35. The van der Waals surface area contributed by atoms with E-state index >= 15 is 0 Å². The van der Waals surface area contributed by atoms with Gasteiger partial charge in [0.15, 0.2) is 0 Å². The molecule has 0 aromatic heterocycles.